The van der Waals surface area contributed by atoms with Gasteiger partial charge in [-0.1, -0.05) is 6.92 Å². The van der Waals surface area contributed by atoms with Crippen LogP contribution >= 0.6 is 0 Å². The average molecular weight is 236 g/mol. The maximum atomic E-state index is 5.91. The molecule has 0 aliphatic carbocycles. The van der Waals surface area contributed by atoms with Crippen LogP contribution in [0.3, 0.4) is 0 Å². The van der Waals surface area contributed by atoms with Gasteiger partial charge in [-0.15, -0.1) is 0 Å². The van der Waals surface area contributed by atoms with Crippen LogP contribution in [-0.4, -0.2) is 19.2 Å². The van der Waals surface area contributed by atoms with E-state index < -0.39 is 0 Å². The Labute approximate surface area is 105 Å². The Bertz CT molecular complexity index is 374. The Morgan fingerprint density at radius 2 is 1.88 bits per heavy atom. The van der Waals surface area contributed by atoms with Crippen LogP contribution in [0.5, 0.6) is 5.75 Å². The molecule has 0 spiro atoms. The number of benzene rings is 1. The molecule has 0 fully saturated rings. The van der Waals surface area contributed by atoms with Gasteiger partial charge in [-0.05, 0) is 33.3 Å². The Kier molecular flexibility index (Phi) is 4.27. The first-order chi connectivity index (χ1) is 7.90. The quantitative estimate of drug-likeness (QED) is 0.797. The summed E-state index contributed by atoms with van der Waals surface area (Å²) in [5.41, 5.74) is 7.85. The monoisotopic (exact) mass is 236 g/mol. The van der Waals surface area contributed by atoms with E-state index in [0.717, 1.165) is 23.5 Å². The van der Waals surface area contributed by atoms with E-state index in [2.05, 4.69) is 32.7 Å². The predicted octanol–water partition coefficient (Wildman–Crippen LogP) is 3.29. The predicted molar refractivity (Wildman–Crippen MR) is 74.8 cm³/mol. The molecule has 0 atom stereocenters. The maximum Gasteiger partial charge on any atom is 0.123 e. The number of hydrogen-bond acceptors (Lipinski definition) is 3. The number of nitrogens with two attached hydrogens (primary N) is 1. The molecular weight excluding hydrogens is 212 g/mol. The van der Waals surface area contributed by atoms with Crippen molar-refractivity contribution in [1.29, 1.82) is 0 Å². The van der Waals surface area contributed by atoms with Crippen molar-refractivity contribution in [2.75, 3.05) is 24.3 Å². The van der Waals surface area contributed by atoms with E-state index in [1.807, 2.05) is 25.1 Å². The minimum absolute atomic E-state index is 0.108. The van der Waals surface area contributed by atoms with Gasteiger partial charge in [-0.25, -0.2) is 0 Å². The zero-order chi connectivity index (χ0) is 13.1. The molecule has 0 bridgehead atoms. The minimum Gasteiger partial charge on any atom is -0.494 e. The van der Waals surface area contributed by atoms with Crippen LogP contribution in [-0.2, 0) is 0 Å². The molecule has 3 nitrogen and oxygen atoms in total. The third kappa shape index (κ3) is 3.29. The number of anilines is 2. The minimum atomic E-state index is 0.108. The van der Waals surface area contributed by atoms with Crippen molar-refractivity contribution in [3.8, 4) is 5.75 Å². The van der Waals surface area contributed by atoms with Gasteiger partial charge in [0.25, 0.3) is 0 Å². The molecule has 0 amide bonds. The van der Waals surface area contributed by atoms with E-state index in [1.165, 1.54) is 0 Å². The number of nitrogens with zero attached hydrogens (tertiary/aromatic N) is 1. The third-order valence-corrected chi connectivity index (χ3v) is 3.39. The first-order valence-electron chi connectivity index (χ1n) is 6.18. The lowest BCUT2D eigenvalue weighted by Gasteiger charge is -2.37. The van der Waals surface area contributed by atoms with Crippen molar-refractivity contribution >= 4 is 11.4 Å². The summed E-state index contributed by atoms with van der Waals surface area (Å²) >= 11 is 0. The van der Waals surface area contributed by atoms with Gasteiger partial charge < -0.3 is 15.4 Å². The van der Waals surface area contributed by atoms with Crippen LogP contribution in [0.2, 0.25) is 0 Å². The maximum absolute atomic E-state index is 5.91. The summed E-state index contributed by atoms with van der Waals surface area (Å²) in [5, 5.41) is 0. The Morgan fingerprint density at radius 3 is 2.41 bits per heavy atom. The zero-order valence-electron chi connectivity index (χ0n) is 11.6. The molecule has 0 unspecified atom stereocenters. The smallest absolute Gasteiger partial charge is 0.123 e. The summed E-state index contributed by atoms with van der Waals surface area (Å²) in [4.78, 5) is 2.24. The topological polar surface area (TPSA) is 38.5 Å². The van der Waals surface area contributed by atoms with E-state index in [-0.39, 0.29) is 5.54 Å². The molecule has 0 saturated heterocycles. The third-order valence-electron chi connectivity index (χ3n) is 3.39. The molecule has 96 valence electrons. The van der Waals surface area contributed by atoms with Gasteiger partial charge in [-0.2, -0.15) is 0 Å². The summed E-state index contributed by atoms with van der Waals surface area (Å²) in [7, 11) is 2.09. The van der Waals surface area contributed by atoms with E-state index in [4.69, 9.17) is 10.5 Å². The number of hydrogen-bond donors (Lipinski definition) is 1. The second-order valence-electron chi connectivity index (χ2n) is 4.92. The Hall–Kier alpha value is -1.38. The summed E-state index contributed by atoms with van der Waals surface area (Å²) in [5.74, 6) is 0.834. The fourth-order valence-electron chi connectivity index (χ4n) is 1.64. The first-order valence-corrected chi connectivity index (χ1v) is 6.18. The van der Waals surface area contributed by atoms with Crippen molar-refractivity contribution < 1.29 is 4.74 Å². The number of nitrogen functional groups attached to an aromatic ring is 1. The number of ether oxygens (including phenoxy) is 1. The van der Waals surface area contributed by atoms with Crippen molar-refractivity contribution in [3.63, 3.8) is 0 Å². The zero-order valence-corrected chi connectivity index (χ0v) is 11.6. The van der Waals surface area contributed by atoms with Crippen molar-refractivity contribution in [2.45, 2.75) is 39.7 Å². The van der Waals surface area contributed by atoms with Gasteiger partial charge >= 0.3 is 0 Å². The molecule has 0 saturated carbocycles. The lowest BCUT2D eigenvalue weighted by atomic mass is 9.99. The molecule has 1 rings (SSSR count). The van der Waals surface area contributed by atoms with Gasteiger partial charge in [0, 0.05) is 36.1 Å². The van der Waals surface area contributed by atoms with Crippen LogP contribution in [0.4, 0.5) is 11.4 Å². The molecule has 1 aromatic rings. The van der Waals surface area contributed by atoms with Gasteiger partial charge in [0.15, 0.2) is 0 Å². The SMILES string of the molecule is CCOc1cc(N)cc(N(C)C(C)(C)CC)c1. The van der Waals surface area contributed by atoms with Crippen LogP contribution in [0.1, 0.15) is 34.1 Å². The fraction of sp³-hybridized carbons (Fsp3) is 0.571. The second-order valence-corrected chi connectivity index (χ2v) is 4.92. The van der Waals surface area contributed by atoms with Crippen molar-refractivity contribution in [1.82, 2.24) is 0 Å². The Morgan fingerprint density at radius 1 is 1.24 bits per heavy atom. The highest BCUT2D eigenvalue weighted by Crippen LogP contribution is 2.30. The normalized spacial score (nSPS) is 11.4. The van der Waals surface area contributed by atoms with E-state index in [1.54, 1.807) is 0 Å². The Balaban J connectivity index is 3.05. The highest BCUT2D eigenvalue weighted by Gasteiger charge is 2.22. The highest BCUT2D eigenvalue weighted by atomic mass is 16.5. The molecule has 0 radical (unpaired) electrons. The molecule has 0 aromatic heterocycles. The molecule has 0 aliphatic rings. The first kappa shape index (κ1) is 13.7. The molecule has 0 aliphatic heterocycles. The van der Waals surface area contributed by atoms with Crippen LogP contribution < -0.4 is 15.4 Å². The van der Waals surface area contributed by atoms with Gasteiger partial charge in [-0.3, -0.25) is 0 Å². The van der Waals surface area contributed by atoms with Crippen molar-refractivity contribution in [2.24, 2.45) is 0 Å². The van der Waals surface area contributed by atoms with Crippen molar-refractivity contribution in [3.05, 3.63) is 18.2 Å². The van der Waals surface area contributed by atoms with Gasteiger partial charge in [0.2, 0.25) is 0 Å². The standard InChI is InChI=1S/C14H24N2O/c1-6-14(3,4)16(5)12-8-11(15)9-13(10-12)17-7-2/h8-10H,6-7,15H2,1-5H3. The lowest BCUT2D eigenvalue weighted by Crippen LogP contribution is -2.40. The van der Waals surface area contributed by atoms with Crippen LogP contribution in [0.15, 0.2) is 18.2 Å². The average Bonchev–Trinajstić information content (AvgIpc) is 2.27. The molecule has 1 aromatic carbocycles. The highest BCUT2D eigenvalue weighted by molar-refractivity contribution is 5.61. The fourth-order valence-corrected chi connectivity index (χ4v) is 1.64. The van der Waals surface area contributed by atoms with E-state index in [9.17, 15) is 0 Å². The van der Waals surface area contributed by atoms with Gasteiger partial charge in [0.05, 0.1) is 6.61 Å². The molecule has 17 heavy (non-hydrogen) atoms. The van der Waals surface area contributed by atoms with E-state index in [0.29, 0.717) is 6.61 Å². The van der Waals surface area contributed by atoms with E-state index >= 15 is 0 Å². The largest absolute Gasteiger partial charge is 0.494 e. The molecule has 2 N–H and O–H groups in total. The molecule has 0 heterocycles. The number of rotatable bonds is 5. The summed E-state index contributed by atoms with van der Waals surface area (Å²) < 4.78 is 5.52. The summed E-state index contributed by atoms with van der Waals surface area (Å²) in [6.45, 7) is 9.26. The lowest BCUT2D eigenvalue weighted by molar-refractivity contribution is 0.340. The van der Waals surface area contributed by atoms with Gasteiger partial charge in [0.1, 0.15) is 5.75 Å². The molecule has 3 heteroatoms. The summed E-state index contributed by atoms with van der Waals surface area (Å²) in [6.07, 6.45) is 1.07. The second kappa shape index (κ2) is 5.30. The van der Waals surface area contributed by atoms with Crippen LogP contribution in [0.25, 0.3) is 0 Å². The molecular formula is C14H24N2O. The summed E-state index contributed by atoms with van der Waals surface area (Å²) in [6, 6.07) is 5.89. The van der Waals surface area contributed by atoms with Crippen LogP contribution in [0, 0.1) is 0 Å².